The van der Waals surface area contributed by atoms with Crippen molar-refractivity contribution in [2.75, 3.05) is 25.0 Å². The van der Waals surface area contributed by atoms with Gasteiger partial charge in [0.15, 0.2) is 0 Å². The maximum Gasteiger partial charge on any atom is 0.253 e. The first-order valence-electron chi connectivity index (χ1n) is 10.2. The number of halogens is 1. The quantitative estimate of drug-likeness (QED) is 0.732. The number of amides is 3. The Bertz CT molecular complexity index is 897. The average molecular weight is 428 g/mol. The van der Waals surface area contributed by atoms with Crippen LogP contribution in [0, 0.1) is 5.92 Å². The smallest absolute Gasteiger partial charge is 0.253 e. The average Bonchev–Trinajstić information content (AvgIpc) is 2.78. The Hall–Kier alpha value is -2.86. The van der Waals surface area contributed by atoms with Crippen LogP contribution in [-0.2, 0) is 4.79 Å². The van der Waals surface area contributed by atoms with Crippen molar-refractivity contribution in [2.24, 2.45) is 5.92 Å². The first kappa shape index (κ1) is 21.8. The SMILES string of the molecule is CCCNC(=O)c1ccc(NC(=O)C2CCCN(C(=O)c3ccc(Cl)cc3)C2)cc1. The van der Waals surface area contributed by atoms with Gasteiger partial charge in [0, 0.05) is 41.5 Å². The number of nitrogens with one attached hydrogen (secondary N) is 2. The fourth-order valence-electron chi connectivity index (χ4n) is 3.44. The molecule has 1 aliphatic rings. The van der Waals surface area contributed by atoms with Crippen LogP contribution in [0.2, 0.25) is 5.02 Å². The highest BCUT2D eigenvalue weighted by atomic mass is 35.5. The second-order valence-corrected chi connectivity index (χ2v) is 7.86. The van der Waals surface area contributed by atoms with E-state index >= 15 is 0 Å². The van der Waals surface area contributed by atoms with Crippen LogP contribution in [0.1, 0.15) is 46.9 Å². The lowest BCUT2D eigenvalue weighted by Crippen LogP contribution is -2.43. The molecule has 0 aliphatic carbocycles. The standard InChI is InChI=1S/C23H26ClN3O3/c1-2-13-25-21(28)16-7-11-20(12-8-16)26-22(29)18-4-3-14-27(15-18)23(30)17-5-9-19(24)10-6-17/h5-12,18H,2-4,13-15H2,1H3,(H,25,28)(H,26,29). The maximum atomic E-state index is 12.7. The first-order chi connectivity index (χ1) is 14.5. The zero-order chi connectivity index (χ0) is 21.5. The monoisotopic (exact) mass is 427 g/mol. The van der Waals surface area contributed by atoms with E-state index in [4.69, 9.17) is 11.6 Å². The van der Waals surface area contributed by atoms with E-state index in [-0.39, 0.29) is 23.6 Å². The zero-order valence-electron chi connectivity index (χ0n) is 17.0. The largest absolute Gasteiger partial charge is 0.352 e. The predicted octanol–water partition coefficient (Wildman–Crippen LogP) is 3.97. The van der Waals surface area contributed by atoms with Gasteiger partial charge in [-0.2, -0.15) is 0 Å². The molecule has 1 fully saturated rings. The molecule has 6 nitrogen and oxygen atoms in total. The molecule has 1 aliphatic heterocycles. The summed E-state index contributed by atoms with van der Waals surface area (Å²) >= 11 is 5.89. The van der Waals surface area contributed by atoms with Crippen LogP contribution in [0.3, 0.4) is 0 Å². The van der Waals surface area contributed by atoms with E-state index in [2.05, 4.69) is 10.6 Å². The summed E-state index contributed by atoms with van der Waals surface area (Å²) in [4.78, 5) is 39.2. The summed E-state index contributed by atoms with van der Waals surface area (Å²) in [5.74, 6) is -0.612. The lowest BCUT2D eigenvalue weighted by Gasteiger charge is -2.32. The summed E-state index contributed by atoms with van der Waals surface area (Å²) in [5.41, 5.74) is 1.75. The molecule has 1 saturated heterocycles. The Kier molecular flexibility index (Phi) is 7.46. The Labute approximate surface area is 181 Å². The third-order valence-corrected chi connectivity index (χ3v) is 5.37. The third-order valence-electron chi connectivity index (χ3n) is 5.12. The summed E-state index contributed by atoms with van der Waals surface area (Å²) in [5, 5.41) is 6.30. The van der Waals surface area contributed by atoms with Crippen molar-refractivity contribution in [3.63, 3.8) is 0 Å². The van der Waals surface area contributed by atoms with Gasteiger partial charge in [0.05, 0.1) is 5.92 Å². The Morgan fingerprint density at radius 2 is 1.70 bits per heavy atom. The molecule has 3 rings (SSSR count). The van der Waals surface area contributed by atoms with E-state index in [1.807, 2.05) is 6.92 Å². The maximum absolute atomic E-state index is 12.7. The molecule has 30 heavy (non-hydrogen) atoms. The van der Waals surface area contributed by atoms with E-state index in [0.717, 1.165) is 19.3 Å². The van der Waals surface area contributed by atoms with Crippen molar-refractivity contribution in [3.8, 4) is 0 Å². The van der Waals surface area contributed by atoms with Crippen LogP contribution in [0.4, 0.5) is 5.69 Å². The van der Waals surface area contributed by atoms with E-state index in [0.29, 0.717) is 41.5 Å². The number of likely N-dealkylation sites (tertiary alicyclic amines) is 1. The van der Waals surface area contributed by atoms with E-state index in [9.17, 15) is 14.4 Å². The van der Waals surface area contributed by atoms with Gasteiger partial charge in [0.25, 0.3) is 11.8 Å². The molecule has 2 aromatic carbocycles. The molecule has 0 spiro atoms. The number of rotatable bonds is 6. The highest BCUT2D eigenvalue weighted by molar-refractivity contribution is 6.30. The first-order valence-corrected chi connectivity index (χ1v) is 10.6. The number of carbonyl (C=O) groups excluding carboxylic acids is 3. The normalized spacial score (nSPS) is 16.1. The molecule has 158 valence electrons. The zero-order valence-corrected chi connectivity index (χ0v) is 17.7. The summed E-state index contributed by atoms with van der Waals surface area (Å²) < 4.78 is 0. The lowest BCUT2D eigenvalue weighted by molar-refractivity contribution is -0.121. The van der Waals surface area contributed by atoms with Crippen molar-refractivity contribution >= 4 is 35.0 Å². The molecular formula is C23H26ClN3O3. The second kappa shape index (κ2) is 10.3. The van der Waals surface area contributed by atoms with Gasteiger partial charge in [-0.05, 0) is 67.8 Å². The number of anilines is 1. The lowest BCUT2D eigenvalue weighted by atomic mass is 9.96. The third kappa shape index (κ3) is 5.60. The topological polar surface area (TPSA) is 78.5 Å². The summed E-state index contributed by atoms with van der Waals surface area (Å²) in [6.45, 7) is 3.64. The van der Waals surface area contributed by atoms with Gasteiger partial charge >= 0.3 is 0 Å². The van der Waals surface area contributed by atoms with Crippen molar-refractivity contribution in [1.29, 1.82) is 0 Å². The van der Waals surface area contributed by atoms with Gasteiger partial charge in [0.2, 0.25) is 5.91 Å². The van der Waals surface area contributed by atoms with Gasteiger partial charge < -0.3 is 15.5 Å². The number of nitrogens with zero attached hydrogens (tertiary/aromatic N) is 1. The minimum absolute atomic E-state index is 0.0911. The molecule has 2 N–H and O–H groups in total. The van der Waals surface area contributed by atoms with Crippen LogP contribution in [0.25, 0.3) is 0 Å². The molecule has 1 atom stereocenters. The van der Waals surface area contributed by atoms with E-state index in [1.54, 1.807) is 53.4 Å². The predicted molar refractivity (Wildman–Crippen MR) is 118 cm³/mol. The van der Waals surface area contributed by atoms with Gasteiger partial charge in [-0.15, -0.1) is 0 Å². The summed E-state index contributed by atoms with van der Waals surface area (Å²) in [6.07, 6.45) is 2.38. The molecule has 0 bridgehead atoms. The summed E-state index contributed by atoms with van der Waals surface area (Å²) in [7, 11) is 0. The van der Waals surface area contributed by atoms with Crippen LogP contribution >= 0.6 is 11.6 Å². The molecular weight excluding hydrogens is 402 g/mol. The Morgan fingerprint density at radius 3 is 2.37 bits per heavy atom. The minimum atomic E-state index is -0.275. The Morgan fingerprint density at radius 1 is 1.03 bits per heavy atom. The van der Waals surface area contributed by atoms with E-state index < -0.39 is 0 Å². The fraction of sp³-hybridized carbons (Fsp3) is 0.348. The molecule has 7 heteroatoms. The van der Waals surface area contributed by atoms with Crippen LogP contribution in [0.15, 0.2) is 48.5 Å². The highest BCUT2D eigenvalue weighted by Crippen LogP contribution is 2.21. The molecule has 3 amide bonds. The van der Waals surface area contributed by atoms with Crippen molar-refractivity contribution < 1.29 is 14.4 Å². The molecule has 1 unspecified atom stereocenters. The number of benzene rings is 2. The molecule has 0 saturated carbocycles. The second-order valence-electron chi connectivity index (χ2n) is 7.42. The van der Waals surface area contributed by atoms with Gasteiger partial charge in [-0.3, -0.25) is 14.4 Å². The number of piperidine rings is 1. The Balaban J connectivity index is 1.58. The minimum Gasteiger partial charge on any atom is -0.352 e. The van der Waals surface area contributed by atoms with Gasteiger partial charge in [0.1, 0.15) is 0 Å². The number of hydrogen-bond acceptors (Lipinski definition) is 3. The van der Waals surface area contributed by atoms with Crippen molar-refractivity contribution in [2.45, 2.75) is 26.2 Å². The number of carbonyl (C=O) groups is 3. The molecule has 0 radical (unpaired) electrons. The van der Waals surface area contributed by atoms with Crippen LogP contribution < -0.4 is 10.6 Å². The molecule has 1 heterocycles. The van der Waals surface area contributed by atoms with Crippen molar-refractivity contribution in [1.82, 2.24) is 10.2 Å². The van der Waals surface area contributed by atoms with Crippen LogP contribution in [0.5, 0.6) is 0 Å². The molecule has 0 aromatic heterocycles. The molecule has 2 aromatic rings. The van der Waals surface area contributed by atoms with Crippen LogP contribution in [-0.4, -0.2) is 42.3 Å². The highest BCUT2D eigenvalue weighted by Gasteiger charge is 2.29. The van der Waals surface area contributed by atoms with Gasteiger partial charge in [-0.25, -0.2) is 0 Å². The van der Waals surface area contributed by atoms with Gasteiger partial charge in [-0.1, -0.05) is 18.5 Å². The van der Waals surface area contributed by atoms with E-state index in [1.165, 1.54) is 0 Å². The number of hydrogen-bond donors (Lipinski definition) is 2. The summed E-state index contributed by atoms with van der Waals surface area (Å²) in [6, 6.07) is 13.6. The fourth-order valence-corrected chi connectivity index (χ4v) is 3.57. The van der Waals surface area contributed by atoms with Crippen molar-refractivity contribution in [3.05, 3.63) is 64.7 Å².